The molecule has 0 aromatic heterocycles. The largest absolute Gasteiger partial charge is 0.496 e. The first kappa shape index (κ1) is 31.6. The minimum absolute atomic E-state index is 0.0188. The molecule has 3 heterocycles. The molecule has 1 spiro atoms. The molecule has 3 N–H and O–H groups in total. The first-order chi connectivity index (χ1) is 22.3. The van der Waals surface area contributed by atoms with Gasteiger partial charge in [-0.25, -0.2) is 0 Å². The number of rotatable bonds is 8. The lowest BCUT2D eigenvalue weighted by Crippen LogP contribution is -2.46. The van der Waals surface area contributed by atoms with E-state index in [2.05, 4.69) is 28.0 Å². The van der Waals surface area contributed by atoms with Crippen molar-refractivity contribution in [3.05, 3.63) is 94.6 Å². The second-order valence-corrected chi connectivity index (χ2v) is 12.8. The fourth-order valence-electron chi connectivity index (χ4n) is 7.03. The summed E-state index contributed by atoms with van der Waals surface area (Å²) in [5.74, 6) is 0.687. The van der Waals surface area contributed by atoms with Crippen LogP contribution in [0.25, 0.3) is 5.57 Å². The highest BCUT2D eigenvalue weighted by atomic mass is 35.5. The molecule has 3 saturated heterocycles. The molecule has 3 aliphatic heterocycles. The Kier molecular flexibility index (Phi) is 9.33. The SMILES string of the molecule is COc1cc(N2CCC3(CCN(C(=O)c4ccc(N5CCN(Cc6cccc(Cl)c6)CC5)cc4)CC3)C2=O)ccc1/C(C=N)=C/N. The molecule has 0 unspecified atom stereocenters. The maximum Gasteiger partial charge on any atom is 0.253 e. The molecule has 0 bridgehead atoms. The molecule has 6 rings (SSSR count). The van der Waals surface area contributed by atoms with E-state index in [0.717, 1.165) is 55.5 Å². The van der Waals surface area contributed by atoms with Gasteiger partial charge in [0, 0.05) is 104 Å². The summed E-state index contributed by atoms with van der Waals surface area (Å²) in [4.78, 5) is 35.8. The van der Waals surface area contributed by atoms with Crippen LogP contribution in [-0.4, -0.2) is 80.8 Å². The summed E-state index contributed by atoms with van der Waals surface area (Å²) in [6.07, 6.45) is 4.61. The third kappa shape index (κ3) is 6.34. The highest BCUT2D eigenvalue weighted by molar-refractivity contribution is 6.30. The Morgan fingerprint density at radius 3 is 2.28 bits per heavy atom. The highest BCUT2D eigenvalue weighted by Crippen LogP contribution is 2.44. The van der Waals surface area contributed by atoms with Gasteiger partial charge in [-0.15, -0.1) is 0 Å². The van der Waals surface area contributed by atoms with Gasteiger partial charge in [-0.2, -0.15) is 0 Å². The van der Waals surface area contributed by atoms with Crippen LogP contribution in [0.4, 0.5) is 11.4 Å². The van der Waals surface area contributed by atoms with Crippen molar-refractivity contribution >= 4 is 46.6 Å². The number of benzene rings is 3. The number of ether oxygens (including phenoxy) is 1. The number of methoxy groups -OCH3 is 1. The van der Waals surface area contributed by atoms with Gasteiger partial charge in [0.15, 0.2) is 0 Å². The number of halogens is 1. The van der Waals surface area contributed by atoms with E-state index in [0.29, 0.717) is 54.9 Å². The van der Waals surface area contributed by atoms with E-state index in [1.165, 1.54) is 18.0 Å². The molecule has 0 atom stereocenters. The van der Waals surface area contributed by atoms with Crippen molar-refractivity contribution in [3.8, 4) is 5.75 Å². The van der Waals surface area contributed by atoms with Crippen molar-refractivity contribution in [2.45, 2.75) is 25.8 Å². The Hall–Kier alpha value is -4.34. The summed E-state index contributed by atoms with van der Waals surface area (Å²) in [5, 5.41) is 8.39. The van der Waals surface area contributed by atoms with Crippen LogP contribution >= 0.6 is 11.6 Å². The molecule has 9 nitrogen and oxygen atoms in total. The number of hydrogen-bond donors (Lipinski definition) is 2. The average molecular weight is 641 g/mol. The van der Waals surface area contributed by atoms with Gasteiger partial charge < -0.3 is 30.6 Å². The maximum absolute atomic E-state index is 13.8. The van der Waals surface area contributed by atoms with Crippen LogP contribution in [0.1, 0.15) is 40.7 Å². The number of anilines is 2. The minimum atomic E-state index is -0.460. The Morgan fingerprint density at radius 2 is 1.63 bits per heavy atom. The van der Waals surface area contributed by atoms with Crippen molar-refractivity contribution in [2.75, 3.05) is 62.7 Å². The Morgan fingerprint density at radius 1 is 0.935 bits per heavy atom. The molecule has 46 heavy (non-hydrogen) atoms. The Bertz CT molecular complexity index is 1620. The van der Waals surface area contributed by atoms with E-state index in [4.69, 9.17) is 27.5 Å². The number of piperidine rings is 1. The fourth-order valence-corrected chi connectivity index (χ4v) is 7.24. The quantitative estimate of drug-likeness (QED) is 0.325. The van der Waals surface area contributed by atoms with Crippen LogP contribution in [0, 0.1) is 10.8 Å². The zero-order valence-electron chi connectivity index (χ0n) is 26.3. The van der Waals surface area contributed by atoms with Gasteiger partial charge in [0.2, 0.25) is 5.91 Å². The molecular formula is C36H41ClN6O3. The zero-order valence-corrected chi connectivity index (χ0v) is 27.0. The second kappa shape index (κ2) is 13.6. The van der Waals surface area contributed by atoms with Crippen LogP contribution in [0.15, 0.2) is 72.9 Å². The van der Waals surface area contributed by atoms with Gasteiger partial charge in [0.1, 0.15) is 5.75 Å². The lowest BCUT2D eigenvalue weighted by atomic mass is 9.77. The normalized spacial score (nSPS) is 18.7. The first-order valence-electron chi connectivity index (χ1n) is 15.9. The van der Waals surface area contributed by atoms with Gasteiger partial charge in [0.05, 0.1) is 12.5 Å². The molecule has 240 valence electrons. The van der Waals surface area contributed by atoms with E-state index in [9.17, 15) is 9.59 Å². The van der Waals surface area contributed by atoms with Crippen LogP contribution in [0.3, 0.4) is 0 Å². The lowest BCUT2D eigenvalue weighted by Gasteiger charge is -2.38. The number of likely N-dealkylation sites (tertiary alicyclic amines) is 1. The van der Waals surface area contributed by atoms with Gasteiger partial charge in [-0.1, -0.05) is 23.7 Å². The van der Waals surface area contributed by atoms with Crippen LogP contribution in [0.5, 0.6) is 5.75 Å². The number of piperazine rings is 1. The van der Waals surface area contributed by atoms with Gasteiger partial charge in [-0.3, -0.25) is 14.5 Å². The van der Waals surface area contributed by atoms with Crippen molar-refractivity contribution in [1.82, 2.24) is 9.80 Å². The van der Waals surface area contributed by atoms with Crippen LogP contribution in [0.2, 0.25) is 5.02 Å². The molecule has 0 radical (unpaired) electrons. The third-order valence-electron chi connectivity index (χ3n) is 9.81. The van der Waals surface area contributed by atoms with Crippen LogP contribution < -0.4 is 20.3 Å². The molecule has 0 saturated carbocycles. The first-order valence-corrected chi connectivity index (χ1v) is 16.3. The Balaban J connectivity index is 1.03. The average Bonchev–Trinajstić information content (AvgIpc) is 3.40. The van der Waals surface area contributed by atoms with E-state index in [1.807, 2.05) is 58.3 Å². The summed E-state index contributed by atoms with van der Waals surface area (Å²) in [6, 6.07) is 21.6. The minimum Gasteiger partial charge on any atom is -0.496 e. The molecule has 3 aliphatic rings. The topological polar surface area (TPSA) is 106 Å². The summed E-state index contributed by atoms with van der Waals surface area (Å²) >= 11 is 6.16. The second-order valence-electron chi connectivity index (χ2n) is 12.4. The summed E-state index contributed by atoms with van der Waals surface area (Å²) in [6.45, 7) is 6.42. The zero-order chi connectivity index (χ0) is 32.3. The maximum atomic E-state index is 13.8. The van der Waals surface area contributed by atoms with Crippen molar-refractivity contribution in [2.24, 2.45) is 11.1 Å². The number of carbonyl (C=O) groups excluding carboxylic acids is 2. The smallest absolute Gasteiger partial charge is 0.253 e. The number of amides is 2. The predicted molar refractivity (Wildman–Crippen MR) is 184 cm³/mol. The lowest BCUT2D eigenvalue weighted by molar-refractivity contribution is -0.127. The molecule has 2 amide bonds. The number of hydrogen-bond acceptors (Lipinski definition) is 7. The molecule has 10 heteroatoms. The monoisotopic (exact) mass is 640 g/mol. The van der Waals surface area contributed by atoms with Gasteiger partial charge >= 0.3 is 0 Å². The van der Waals surface area contributed by atoms with Crippen molar-refractivity contribution in [1.29, 1.82) is 5.41 Å². The highest BCUT2D eigenvalue weighted by Gasteiger charge is 2.49. The summed E-state index contributed by atoms with van der Waals surface area (Å²) in [5.41, 5.74) is 10.3. The number of nitrogens with two attached hydrogens (primary N) is 1. The van der Waals surface area contributed by atoms with E-state index in [-0.39, 0.29) is 11.8 Å². The summed E-state index contributed by atoms with van der Waals surface area (Å²) in [7, 11) is 1.57. The fraction of sp³-hybridized carbons (Fsp3) is 0.361. The predicted octanol–water partition coefficient (Wildman–Crippen LogP) is 5.28. The number of carbonyl (C=O) groups is 2. The molecule has 0 aliphatic carbocycles. The van der Waals surface area contributed by atoms with Gasteiger partial charge in [-0.05, 0) is 73.4 Å². The van der Waals surface area contributed by atoms with Gasteiger partial charge in [0.25, 0.3) is 5.91 Å². The van der Waals surface area contributed by atoms with E-state index >= 15 is 0 Å². The standard InChI is InChI=1S/C36H41ClN6O3/c1-46-33-22-31(9-10-32(33)28(23-38)24-39)43-16-13-36(35(43)45)11-14-42(15-12-36)34(44)27-5-7-30(8-6-27)41-19-17-40(18-20-41)25-26-3-2-4-29(37)21-26/h2-10,21-24,38H,11-20,25,39H2,1H3/b28-24+,38-23?. The van der Waals surface area contributed by atoms with Crippen molar-refractivity contribution in [3.63, 3.8) is 0 Å². The molecule has 3 aromatic carbocycles. The summed E-state index contributed by atoms with van der Waals surface area (Å²) < 4.78 is 5.56. The number of nitrogens with one attached hydrogen (secondary N) is 1. The van der Waals surface area contributed by atoms with Crippen molar-refractivity contribution < 1.29 is 14.3 Å². The number of allylic oxidation sites excluding steroid dienone is 1. The van der Waals surface area contributed by atoms with E-state index < -0.39 is 5.41 Å². The Labute approximate surface area is 275 Å². The third-order valence-corrected chi connectivity index (χ3v) is 10.0. The molecule has 3 fully saturated rings. The number of nitrogens with zero attached hydrogens (tertiary/aromatic N) is 4. The van der Waals surface area contributed by atoms with E-state index in [1.54, 1.807) is 7.11 Å². The molecule has 3 aromatic rings. The molecular weight excluding hydrogens is 600 g/mol. The van der Waals surface area contributed by atoms with Crippen LogP contribution in [-0.2, 0) is 11.3 Å².